The van der Waals surface area contributed by atoms with Crippen molar-refractivity contribution in [1.29, 1.82) is 0 Å². The molecule has 0 amide bonds. The summed E-state index contributed by atoms with van der Waals surface area (Å²) in [6.07, 6.45) is 0. The zero-order valence-corrected chi connectivity index (χ0v) is 10.2. The summed E-state index contributed by atoms with van der Waals surface area (Å²) in [5.74, 6) is -0.147. The number of anilines is 1. The molecule has 8 heteroatoms. The van der Waals surface area contributed by atoms with Crippen LogP contribution in [-0.2, 0) is 20.0 Å². The molecule has 1 aromatic rings. The molecule has 0 saturated heterocycles. The van der Waals surface area contributed by atoms with Crippen molar-refractivity contribution >= 4 is 25.7 Å². The standard InChI is InChI=1S/C8H12N2O4S2/c1-2-15(11,12)10-7-5-3-4-6-8(7)16(9,13)14/h3-6,10H,2H2,1H3,(H2,9,13,14). The smallest absolute Gasteiger partial charge is 0.240 e. The molecule has 0 spiro atoms. The van der Waals surface area contributed by atoms with Crippen molar-refractivity contribution in [3.8, 4) is 0 Å². The van der Waals surface area contributed by atoms with Gasteiger partial charge in [-0.05, 0) is 19.1 Å². The van der Waals surface area contributed by atoms with E-state index in [-0.39, 0.29) is 16.3 Å². The van der Waals surface area contributed by atoms with E-state index in [1.807, 2.05) is 0 Å². The lowest BCUT2D eigenvalue weighted by molar-refractivity contribution is 0.598. The quantitative estimate of drug-likeness (QED) is 0.804. The third-order valence-electron chi connectivity index (χ3n) is 1.84. The molecular formula is C8H12N2O4S2. The highest BCUT2D eigenvalue weighted by molar-refractivity contribution is 7.93. The molecule has 1 aromatic carbocycles. The van der Waals surface area contributed by atoms with Crippen molar-refractivity contribution < 1.29 is 16.8 Å². The largest absolute Gasteiger partial charge is 0.282 e. The summed E-state index contributed by atoms with van der Waals surface area (Å²) < 4.78 is 47.1. The van der Waals surface area contributed by atoms with Gasteiger partial charge in [0.25, 0.3) is 0 Å². The summed E-state index contributed by atoms with van der Waals surface area (Å²) in [5.41, 5.74) is -0.0353. The van der Waals surface area contributed by atoms with Crippen LogP contribution in [0.3, 0.4) is 0 Å². The number of para-hydroxylation sites is 1. The molecule has 0 unspecified atom stereocenters. The predicted octanol–water partition coefficient (Wildman–Crippen LogP) is 0.0956. The van der Waals surface area contributed by atoms with E-state index in [1.165, 1.54) is 31.2 Å². The molecule has 0 aliphatic carbocycles. The molecule has 90 valence electrons. The van der Waals surface area contributed by atoms with Crippen LogP contribution in [0.4, 0.5) is 5.69 Å². The summed E-state index contributed by atoms with van der Waals surface area (Å²) in [7, 11) is -7.47. The highest BCUT2D eigenvalue weighted by Crippen LogP contribution is 2.20. The SMILES string of the molecule is CCS(=O)(=O)Nc1ccccc1S(N)(=O)=O. The van der Waals surface area contributed by atoms with Crippen molar-refractivity contribution in [2.45, 2.75) is 11.8 Å². The van der Waals surface area contributed by atoms with Crippen LogP contribution in [0.1, 0.15) is 6.92 Å². The summed E-state index contributed by atoms with van der Waals surface area (Å²) in [6, 6.07) is 5.56. The van der Waals surface area contributed by atoms with Gasteiger partial charge in [0.05, 0.1) is 11.4 Å². The van der Waals surface area contributed by atoms with Crippen molar-refractivity contribution in [2.75, 3.05) is 10.5 Å². The molecule has 3 N–H and O–H groups in total. The number of benzene rings is 1. The highest BCUT2D eigenvalue weighted by Gasteiger charge is 2.16. The van der Waals surface area contributed by atoms with E-state index in [0.29, 0.717) is 0 Å². The van der Waals surface area contributed by atoms with Crippen molar-refractivity contribution in [3.63, 3.8) is 0 Å². The highest BCUT2D eigenvalue weighted by atomic mass is 32.2. The van der Waals surface area contributed by atoms with Crippen LogP contribution >= 0.6 is 0 Å². The molecule has 0 aliphatic rings. The molecule has 1 rings (SSSR count). The van der Waals surface area contributed by atoms with Gasteiger partial charge in [0.15, 0.2) is 0 Å². The zero-order chi connectivity index (χ0) is 12.4. The predicted molar refractivity (Wildman–Crippen MR) is 60.9 cm³/mol. The van der Waals surface area contributed by atoms with Crippen molar-refractivity contribution in [2.24, 2.45) is 5.14 Å². The van der Waals surface area contributed by atoms with Crippen LogP contribution < -0.4 is 9.86 Å². The van der Waals surface area contributed by atoms with Crippen LogP contribution in [-0.4, -0.2) is 22.6 Å². The first-order chi connectivity index (χ1) is 7.26. The first-order valence-corrected chi connectivity index (χ1v) is 7.58. The number of nitrogens with one attached hydrogen (secondary N) is 1. The lowest BCUT2D eigenvalue weighted by atomic mass is 10.3. The molecule has 6 nitrogen and oxygen atoms in total. The van der Waals surface area contributed by atoms with E-state index in [2.05, 4.69) is 4.72 Å². The lowest BCUT2D eigenvalue weighted by Crippen LogP contribution is -2.19. The van der Waals surface area contributed by atoms with Gasteiger partial charge >= 0.3 is 0 Å². The Hall–Kier alpha value is -1.12. The Bertz CT molecular complexity index is 578. The van der Waals surface area contributed by atoms with Gasteiger partial charge in [-0.25, -0.2) is 22.0 Å². The van der Waals surface area contributed by atoms with Gasteiger partial charge < -0.3 is 0 Å². The topological polar surface area (TPSA) is 106 Å². The summed E-state index contributed by atoms with van der Waals surface area (Å²) >= 11 is 0. The van der Waals surface area contributed by atoms with Gasteiger partial charge in [-0.15, -0.1) is 0 Å². The third-order valence-corrected chi connectivity index (χ3v) is 4.10. The van der Waals surface area contributed by atoms with Crippen LogP contribution in [0.2, 0.25) is 0 Å². The van der Waals surface area contributed by atoms with Crippen LogP contribution in [0.15, 0.2) is 29.2 Å². The van der Waals surface area contributed by atoms with Gasteiger partial charge in [-0.3, -0.25) is 4.72 Å². The monoisotopic (exact) mass is 264 g/mol. The Morgan fingerprint density at radius 3 is 2.25 bits per heavy atom. The number of sulfonamides is 2. The van der Waals surface area contributed by atoms with E-state index in [0.717, 1.165) is 0 Å². The Morgan fingerprint density at radius 2 is 1.75 bits per heavy atom. The number of hydrogen-bond donors (Lipinski definition) is 2. The second-order valence-electron chi connectivity index (χ2n) is 3.05. The number of hydrogen-bond acceptors (Lipinski definition) is 4. The summed E-state index contributed by atoms with van der Waals surface area (Å²) in [5, 5.41) is 4.96. The average molecular weight is 264 g/mol. The van der Waals surface area contributed by atoms with Crippen LogP contribution in [0, 0.1) is 0 Å². The minimum Gasteiger partial charge on any atom is -0.282 e. The maximum Gasteiger partial charge on any atom is 0.240 e. The fraction of sp³-hybridized carbons (Fsp3) is 0.250. The lowest BCUT2D eigenvalue weighted by Gasteiger charge is -2.09. The Morgan fingerprint density at radius 1 is 1.19 bits per heavy atom. The van der Waals surface area contributed by atoms with Crippen LogP contribution in [0.5, 0.6) is 0 Å². The Kier molecular flexibility index (Phi) is 3.56. The molecular weight excluding hydrogens is 252 g/mol. The molecule has 0 heterocycles. The maximum atomic E-state index is 11.3. The number of primary sulfonamides is 1. The molecule has 16 heavy (non-hydrogen) atoms. The fourth-order valence-electron chi connectivity index (χ4n) is 1.04. The normalized spacial score (nSPS) is 12.4. The Labute approximate surface area is 94.6 Å². The van der Waals surface area contributed by atoms with Crippen molar-refractivity contribution in [3.05, 3.63) is 24.3 Å². The van der Waals surface area contributed by atoms with E-state index in [1.54, 1.807) is 0 Å². The van der Waals surface area contributed by atoms with E-state index < -0.39 is 20.0 Å². The second-order valence-corrected chi connectivity index (χ2v) is 6.59. The first kappa shape index (κ1) is 12.9. The molecule has 0 aliphatic heterocycles. The number of rotatable bonds is 4. The minimum absolute atomic E-state index is 0.0353. The third kappa shape index (κ3) is 3.19. The van der Waals surface area contributed by atoms with E-state index >= 15 is 0 Å². The van der Waals surface area contributed by atoms with E-state index in [9.17, 15) is 16.8 Å². The van der Waals surface area contributed by atoms with Crippen molar-refractivity contribution in [1.82, 2.24) is 0 Å². The minimum atomic E-state index is -3.94. The molecule has 0 fully saturated rings. The molecule has 0 atom stereocenters. The summed E-state index contributed by atoms with van der Waals surface area (Å²) in [4.78, 5) is -0.243. The van der Waals surface area contributed by atoms with Crippen LogP contribution in [0.25, 0.3) is 0 Å². The molecule has 0 bridgehead atoms. The molecule has 0 radical (unpaired) electrons. The Balaban J connectivity index is 3.26. The van der Waals surface area contributed by atoms with Gasteiger partial charge in [0.1, 0.15) is 4.90 Å². The summed E-state index contributed by atoms with van der Waals surface area (Å²) in [6.45, 7) is 1.45. The van der Waals surface area contributed by atoms with Gasteiger partial charge in [-0.1, -0.05) is 12.1 Å². The van der Waals surface area contributed by atoms with Gasteiger partial charge in [0.2, 0.25) is 20.0 Å². The van der Waals surface area contributed by atoms with Gasteiger partial charge in [0, 0.05) is 0 Å². The average Bonchev–Trinajstić information content (AvgIpc) is 2.16. The van der Waals surface area contributed by atoms with E-state index in [4.69, 9.17) is 5.14 Å². The second kappa shape index (κ2) is 4.40. The molecule has 0 aromatic heterocycles. The fourth-order valence-corrected chi connectivity index (χ4v) is 2.45. The first-order valence-electron chi connectivity index (χ1n) is 4.38. The van der Waals surface area contributed by atoms with Gasteiger partial charge in [-0.2, -0.15) is 0 Å². The zero-order valence-electron chi connectivity index (χ0n) is 8.54. The maximum absolute atomic E-state index is 11.3. The molecule has 0 saturated carbocycles. The number of nitrogens with two attached hydrogens (primary N) is 1.